The van der Waals surface area contributed by atoms with Gasteiger partial charge in [0, 0.05) is 6.07 Å². The van der Waals surface area contributed by atoms with Crippen LogP contribution >= 0.6 is 15.9 Å². The third-order valence-corrected chi connectivity index (χ3v) is 6.77. The smallest absolute Gasteiger partial charge is 0.426 e. The highest BCUT2D eigenvalue weighted by atomic mass is 79.9. The third kappa shape index (κ3) is 22.1. The minimum absolute atomic E-state index is 0.135. The molecule has 292 valence electrons. The molecule has 3 aliphatic heterocycles. The van der Waals surface area contributed by atoms with Gasteiger partial charge in [0.15, 0.2) is 12.2 Å². The lowest BCUT2D eigenvalue weighted by atomic mass is 9.74. The number of carboxylic acid groups (broad SMARTS) is 1. The highest BCUT2D eigenvalue weighted by Crippen LogP contribution is 2.19. The van der Waals surface area contributed by atoms with E-state index in [1.54, 1.807) is 12.1 Å². The molecule has 0 amide bonds. The lowest BCUT2D eigenvalue weighted by Gasteiger charge is -2.25. The van der Waals surface area contributed by atoms with Gasteiger partial charge in [-0.15, -0.1) is 0 Å². The van der Waals surface area contributed by atoms with Crippen LogP contribution in [0, 0.1) is 24.7 Å². The van der Waals surface area contributed by atoms with Crippen LogP contribution < -0.4 is 0 Å². The summed E-state index contributed by atoms with van der Waals surface area (Å²) in [5.74, 6) is 0.201. The van der Waals surface area contributed by atoms with Gasteiger partial charge < -0.3 is 51.3 Å². The second-order valence-electron chi connectivity index (χ2n) is 12.6. The van der Waals surface area contributed by atoms with Crippen molar-refractivity contribution < 1.29 is 70.5 Å². The van der Waals surface area contributed by atoms with Crippen LogP contribution in [0.3, 0.4) is 0 Å². The lowest BCUT2D eigenvalue weighted by Crippen LogP contribution is -2.44. The van der Waals surface area contributed by atoms with Crippen LogP contribution in [0.4, 0.5) is 0 Å². The molecule has 0 radical (unpaired) electrons. The fraction of sp³-hybridized carbons (Fsp3) is 0.636. The molecule has 4 atom stereocenters. The van der Waals surface area contributed by atoms with Crippen molar-refractivity contribution in [1.29, 1.82) is 0 Å². The molecular weight excluding hydrogens is 749 g/mol. The van der Waals surface area contributed by atoms with E-state index in [-0.39, 0.29) is 44.9 Å². The minimum atomic E-state index is -0.834. The summed E-state index contributed by atoms with van der Waals surface area (Å²) >= 11 is 3.13. The van der Waals surface area contributed by atoms with Crippen LogP contribution in [0.1, 0.15) is 74.1 Å². The van der Waals surface area contributed by atoms with Crippen LogP contribution in [-0.2, 0) is 47.0 Å². The number of ether oxygens (including phenoxy) is 5. The number of hydrogen-bond acceptors (Lipinski definition) is 14. The van der Waals surface area contributed by atoms with Crippen molar-refractivity contribution in [3.63, 3.8) is 0 Å². The van der Waals surface area contributed by atoms with Crippen molar-refractivity contribution in [3.8, 4) is 0 Å². The summed E-state index contributed by atoms with van der Waals surface area (Å²) in [6.07, 6.45) is 3.54. The number of halogens is 1. The molecule has 2 aromatic heterocycles. The van der Waals surface area contributed by atoms with Crippen molar-refractivity contribution in [2.75, 3.05) is 34.5 Å². The van der Waals surface area contributed by atoms with Crippen molar-refractivity contribution >= 4 is 61.2 Å². The van der Waals surface area contributed by atoms with Crippen LogP contribution in [-0.4, -0.2) is 97.1 Å². The normalized spacial score (nSPS) is 20.2. The largest absolute Gasteiger partial charge is 0.479 e. The Morgan fingerprint density at radius 2 is 1.15 bits per heavy atom. The van der Waals surface area contributed by atoms with Gasteiger partial charge in [0.05, 0.1) is 45.3 Å². The van der Waals surface area contributed by atoms with Gasteiger partial charge in [-0.25, -0.2) is 19.2 Å². The number of methoxy groups -OCH3 is 3. The number of carbonyl (C=O) groups is 4. The lowest BCUT2D eigenvalue weighted by molar-refractivity contribution is -0.151. The molecule has 1 N–H and O–H groups in total. The van der Waals surface area contributed by atoms with Gasteiger partial charge in [0.25, 0.3) is 0 Å². The van der Waals surface area contributed by atoms with E-state index >= 15 is 0 Å². The van der Waals surface area contributed by atoms with Crippen LogP contribution in [0.2, 0.25) is 20.5 Å². The first-order valence-corrected chi connectivity index (χ1v) is 17.6. The van der Waals surface area contributed by atoms with Crippen molar-refractivity contribution in [2.24, 2.45) is 17.8 Å². The van der Waals surface area contributed by atoms with Gasteiger partial charge >= 0.3 is 45.2 Å². The van der Waals surface area contributed by atoms with Gasteiger partial charge in [0.1, 0.15) is 6.26 Å². The monoisotopic (exact) mass is 802 g/mol. The molecule has 5 heterocycles. The number of carboxylic acids is 1. The number of furan rings is 2. The zero-order valence-electron chi connectivity index (χ0n) is 32.3. The Kier molecular flexibility index (Phi) is 25.1. The first-order valence-electron chi connectivity index (χ1n) is 16.8. The summed E-state index contributed by atoms with van der Waals surface area (Å²) in [7, 11) is 3.60. The molecule has 0 bridgehead atoms. The number of carbonyl (C=O) groups excluding carboxylic acids is 3. The quantitative estimate of drug-likeness (QED) is 0.204. The molecule has 15 nitrogen and oxygen atoms in total. The van der Waals surface area contributed by atoms with Gasteiger partial charge in [-0.2, -0.15) is 0 Å². The highest BCUT2D eigenvalue weighted by molar-refractivity contribution is 9.10. The van der Waals surface area contributed by atoms with Crippen molar-refractivity contribution in [3.05, 3.63) is 46.2 Å². The second-order valence-corrected chi connectivity index (χ2v) is 13.5. The Morgan fingerprint density at radius 1 is 0.750 bits per heavy atom. The second kappa shape index (κ2) is 26.6. The third-order valence-electron chi connectivity index (χ3n) is 6.36. The topological polar surface area (TPSA) is 189 Å². The summed E-state index contributed by atoms with van der Waals surface area (Å²) in [5, 5.41) is 8.41. The van der Waals surface area contributed by atoms with E-state index in [1.165, 1.54) is 33.9 Å². The standard InChI is InChI=1S/C7H12O3.C7H8O3.C6H5BrO3.C6H10O3.C4H10.C3H9B3O3/c2*1-5-3-6(10-4-5)7(8)9-2;1-9-6(8)5-2-4(7)3-10-5;1-4-2-5(6(7)8)9-3-4;1-4(2)3;1-4-7-5(2)9-6(3)8-4/h5-6H,3-4H2,1-2H3;3-4H,1-2H3;2-3H,1H3;4-5H,2-3H2,1H3,(H,7,8);4H,1-3H3;1-3H3/t5-,6-;;;4-,5-;;/m0..0../s1. The first kappa shape index (κ1) is 48.9. The molecule has 19 heteroatoms. The van der Waals surface area contributed by atoms with Gasteiger partial charge in [-0.1, -0.05) is 34.6 Å². The van der Waals surface area contributed by atoms with E-state index in [0.29, 0.717) is 31.5 Å². The first-order chi connectivity index (χ1) is 24.3. The summed E-state index contributed by atoms with van der Waals surface area (Å²) < 4.78 is 49.1. The Balaban J connectivity index is 0.000000610. The summed E-state index contributed by atoms with van der Waals surface area (Å²) in [6, 6.07) is 3.18. The molecular formula is C33H54B3BrO15. The number of aryl methyl sites for hydroxylation is 1. The highest BCUT2D eigenvalue weighted by Gasteiger charge is 2.32. The predicted molar refractivity (Wildman–Crippen MR) is 198 cm³/mol. The van der Waals surface area contributed by atoms with Gasteiger partial charge in [-0.05, 0) is 85.5 Å². The molecule has 0 aliphatic carbocycles. The number of aliphatic carboxylic acids is 1. The Hall–Kier alpha value is -3.09. The number of esters is 3. The SMILES string of the molecule is CB1OB(C)OB(C)O1.CC(C)C.COC(=O)[C@@H]1C[C@H](C)CO1.COC(=O)c1cc(Br)co1.COC(=O)c1cc(C)co1.C[C@@H]1CO[C@H](C(=O)O)C1. The zero-order chi connectivity index (χ0) is 40.0. The molecule has 0 spiro atoms. The Labute approximate surface area is 316 Å². The maximum Gasteiger partial charge on any atom is 0.426 e. The summed E-state index contributed by atoms with van der Waals surface area (Å²) in [5.41, 5.74) is 0.917. The number of hydrogen-bond donors (Lipinski definition) is 1. The molecule has 52 heavy (non-hydrogen) atoms. The Morgan fingerprint density at radius 3 is 1.42 bits per heavy atom. The number of rotatable bonds is 4. The average Bonchev–Trinajstić information content (AvgIpc) is 3.89. The minimum Gasteiger partial charge on any atom is -0.479 e. The predicted octanol–water partition coefficient (Wildman–Crippen LogP) is 6.35. The van der Waals surface area contributed by atoms with E-state index in [1.807, 2.05) is 34.3 Å². The molecule has 0 aromatic carbocycles. The Bertz CT molecular complexity index is 1240. The van der Waals surface area contributed by atoms with Gasteiger partial charge in [0.2, 0.25) is 11.5 Å². The van der Waals surface area contributed by atoms with E-state index < -0.39 is 24.0 Å². The molecule has 3 fully saturated rings. The van der Waals surface area contributed by atoms with Gasteiger partial charge in [-0.3, -0.25) is 0 Å². The van der Waals surface area contributed by atoms with Crippen LogP contribution in [0.5, 0.6) is 0 Å². The fourth-order valence-corrected chi connectivity index (χ4v) is 4.40. The molecule has 3 aliphatic rings. The summed E-state index contributed by atoms with van der Waals surface area (Å²) in [4.78, 5) is 42.4. The molecule has 5 rings (SSSR count). The fourth-order valence-electron chi connectivity index (χ4n) is 4.10. The zero-order valence-corrected chi connectivity index (χ0v) is 33.9. The van der Waals surface area contributed by atoms with E-state index in [4.69, 9.17) is 37.1 Å². The maximum absolute atomic E-state index is 10.8. The van der Waals surface area contributed by atoms with Crippen LogP contribution in [0.15, 0.2) is 38.0 Å². The van der Waals surface area contributed by atoms with Crippen molar-refractivity contribution in [2.45, 2.75) is 87.1 Å². The van der Waals surface area contributed by atoms with Crippen LogP contribution in [0.25, 0.3) is 0 Å². The molecule has 0 saturated carbocycles. The van der Waals surface area contributed by atoms with E-state index in [2.05, 4.69) is 57.8 Å². The van der Waals surface area contributed by atoms with E-state index in [9.17, 15) is 19.2 Å². The van der Waals surface area contributed by atoms with E-state index in [0.717, 1.165) is 22.4 Å². The van der Waals surface area contributed by atoms with Crippen molar-refractivity contribution in [1.82, 2.24) is 0 Å². The summed E-state index contributed by atoms with van der Waals surface area (Å²) in [6.45, 7) is 19.2. The average molecular weight is 803 g/mol. The molecule has 0 unspecified atom stereocenters. The maximum atomic E-state index is 10.8. The molecule has 3 saturated heterocycles. The molecule has 2 aromatic rings.